The quantitative estimate of drug-likeness (QED) is 0.764. The Morgan fingerprint density at radius 3 is 2.39 bits per heavy atom. The first-order valence-corrected chi connectivity index (χ1v) is 6.82. The predicted molar refractivity (Wildman–Crippen MR) is 71.4 cm³/mol. The number of halogens is 2. The van der Waals surface area contributed by atoms with Crippen molar-refractivity contribution in [2.45, 2.75) is 40.2 Å². The standard InChI is InChI=1S/C13H17F2N.C2H6/c1-10-4-3-7-16(8-10)9-11-12(14)5-2-6-13(11)15;1-2/h2,5-6,10H,3-4,7-9H2,1H3;1-2H3. The van der Waals surface area contributed by atoms with Gasteiger partial charge in [-0.15, -0.1) is 0 Å². The average molecular weight is 255 g/mol. The molecule has 3 heteroatoms. The van der Waals surface area contributed by atoms with E-state index >= 15 is 0 Å². The third-order valence-electron chi connectivity index (χ3n) is 3.18. The van der Waals surface area contributed by atoms with Gasteiger partial charge in [0, 0.05) is 18.7 Å². The van der Waals surface area contributed by atoms with Gasteiger partial charge in [-0.2, -0.15) is 0 Å². The lowest BCUT2D eigenvalue weighted by atomic mass is 10.00. The fourth-order valence-electron chi connectivity index (χ4n) is 2.34. The molecule has 1 aliphatic heterocycles. The number of likely N-dealkylation sites (tertiary alicyclic amines) is 1. The van der Waals surface area contributed by atoms with Gasteiger partial charge < -0.3 is 0 Å². The third kappa shape index (κ3) is 4.05. The van der Waals surface area contributed by atoms with Gasteiger partial charge >= 0.3 is 0 Å². The molecule has 2 rings (SSSR count). The van der Waals surface area contributed by atoms with Crippen LogP contribution in [0.4, 0.5) is 8.78 Å². The highest BCUT2D eigenvalue weighted by Gasteiger charge is 2.19. The second-order valence-corrected chi connectivity index (χ2v) is 4.68. The van der Waals surface area contributed by atoms with E-state index in [0.29, 0.717) is 12.5 Å². The summed E-state index contributed by atoms with van der Waals surface area (Å²) in [5.41, 5.74) is 0.205. The molecular weight excluding hydrogens is 232 g/mol. The number of rotatable bonds is 2. The summed E-state index contributed by atoms with van der Waals surface area (Å²) in [5, 5.41) is 0. The van der Waals surface area contributed by atoms with Gasteiger partial charge in [0.25, 0.3) is 0 Å². The van der Waals surface area contributed by atoms with Gasteiger partial charge in [-0.05, 0) is 37.4 Å². The highest BCUT2D eigenvalue weighted by atomic mass is 19.1. The monoisotopic (exact) mass is 255 g/mol. The molecule has 0 aromatic heterocycles. The van der Waals surface area contributed by atoms with Crippen molar-refractivity contribution in [3.05, 3.63) is 35.4 Å². The molecular formula is C15H23F2N. The van der Waals surface area contributed by atoms with E-state index in [9.17, 15) is 8.78 Å². The van der Waals surface area contributed by atoms with Crippen molar-refractivity contribution in [1.82, 2.24) is 4.90 Å². The SMILES string of the molecule is CC.CC1CCCN(Cc2c(F)cccc2F)C1. The van der Waals surface area contributed by atoms with E-state index in [-0.39, 0.29) is 5.56 Å². The molecule has 1 aromatic carbocycles. The first-order valence-electron chi connectivity index (χ1n) is 6.82. The molecule has 1 atom stereocenters. The second kappa shape index (κ2) is 7.47. The summed E-state index contributed by atoms with van der Waals surface area (Å²) in [7, 11) is 0. The van der Waals surface area contributed by atoms with Crippen LogP contribution in [0.25, 0.3) is 0 Å². The lowest BCUT2D eigenvalue weighted by Gasteiger charge is -2.30. The molecule has 1 unspecified atom stereocenters. The molecule has 0 aliphatic carbocycles. The van der Waals surface area contributed by atoms with Crippen LogP contribution in [0.3, 0.4) is 0 Å². The first kappa shape index (κ1) is 15.1. The molecule has 18 heavy (non-hydrogen) atoms. The molecule has 102 valence electrons. The second-order valence-electron chi connectivity index (χ2n) is 4.68. The van der Waals surface area contributed by atoms with Gasteiger partial charge in [0.2, 0.25) is 0 Å². The molecule has 1 fully saturated rings. The Hall–Kier alpha value is -0.960. The van der Waals surface area contributed by atoms with Crippen molar-refractivity contribution in [3.8, 4) is 0 Å². The lowest BCUT2D eigenvalue weighted by Crippen LogP contribution is -2.34. The van der Waals surface area contributed by atoms with Gasteiger partial charge in [-0.25, -0.2) is 8.78 Å². The molecule has 0 saturated carbocycles. The van der Waals surface area contributed by atoms with E-state index in [4.69, 9.17) is 0 Å². The molecule has 1 saturated heterocycles. The summed E-state index contributed by atoms with van der Waals surface area (Å²) < 4.78 is 26.9. The molecule has 0 radical (unpaired) electrons. The minimum absolute atomic E-state index is 0.205. The lowest BCUT2D eigenvalue weighted by molar-refractivity contribution is 0.172. The summed E-state index contributed by atoms with van der Waals surface area (Å²) in [4.78, 5) is 2.13. The normalized spacial score (nSPS) is 20.2. The van der Waals surface area contributed by atoms with E-state index in [1.165, 1.54) is 24.6 Å². The summed E-state index contributed by atoms with van der Waals surface area (Å²) in [6.07, 6.45) is 2.34. The third-order valence-corrected chi connectivity index (χ3v) is 3.18. The maximum atomic E-state index is 13.4. The summed E-state index contributed by atoms with van der Waals surface area (Å²) in [5.74, 6) is -0.236. The van der Waals surface area contributed by atoms with Crippen LogP contribution >= 0.6 is 0 Å². The average Bonchev–Trinajstić information content (AvgIpc) is 2.37. The predicted octanol–water partition coefficient (Wildman–Crippen LogP) is 4.22. The number of piperidine rings is 1. The Labute approximate surface area is 109 Å². The molecule has 1 aromatic rings. The topological polar surface area (TPSA) is 3.24 Å². The van der Waals surface area contributed by atoms with Crippen LogP contribution in [-0.2, 0) is 6.54 Å². The van der Waals surface area contributed by atoms with E-state index < -0.39 is 11.6 Å². The number of hydrogen-bond acceptors (Lipinski definition) is 1. The molecule has 1 nitrogen and oxygen atoms in total. The summed E-state index contributed by atoms with van der Waals surface area (Å²) in [6.45, 7) is 8.46. The largest absolute Gasteiger partial charge is 0.299 e. The Bertz CT molecular complexity index is 345. The van der Waals surface area contributed by atoms with Gasteiger partial charge in [0.1, 0.15) is 11.6 Å². The Morgan fingerprint density at radius 1 is 1.22 bits per heavy atom. The number of benzene rings is 1. The van der Waals surface area contributed by atoms with E-state index in [2.05, 4.69) is 11.8 Å². The highest BCUT2D eigenvalue weighted by Crippen LogP contribution is 2.20. The summed E-state index contributed by atoms with van der Waals surface area (Å²) >= 11 is 0. The van der Waals surface area contributed by atoms with Crippen LogP contribution in [0.1, 0.15) is 39.2 Å². The molecule has 0 spiro atoms. The number of nitrogens with zero attached hydrogens (tertiary/aromatic N) is 1. The van der Waals surface area contributed by atoms with Crippen LogP contribution < -0.4 is 0 Å². The minimum atomic E-state index is -0.432. The maximum Gasteiger partial charge on any atom is 0.130 e. The Morgan fingerprint density at radius 2 is 1.83 bits per heavy atom. The van der Waals surface area contributed by atoms with Crippen molar-refractivity contribution < 1.29 is 8.78 Å². The minimum Gasteiger partial charge on any atom is -0.299 e. The van der Waals surface area contributed by atoms with Crippen molar-refractivity contribution in [2.75, 3.05) is 13.1 Å². The first-order chi connectivity index (χ1) is 8.66. The van der Waals surface area contributed by atoms with E-state index in [1.54, 1.807) is 0 Å². The fourth-order valence-corrected chi connectivity index (χ4v) is 2.34. The van der Waals surface area contributed by atoms with Crippen LogP contribution in [-0.4, -0.2) is 18.0 Å². The van der Waals surface area contributed by atoms with Gasteiger partial charge in [-0.1, -0.05) is 26.8 Å². The smallest absolute Gasteiger partial charge is 0.130 e. The molecule has 1 heterocycles. The fraction of sp³-hybridized carbons (Fsp3) is 0.600. The number of hydrogen-bond donors (Lipinski definition) is 0. The summed E-state index contributed by atoms with van der Waals surface area (Å²) in [6, 6.07) is 4.06. The van der Waals surface area contributed by atoms with Crippen LogP contribution in [0.2, 0.25) is 0 Å². The molecule has 1 aliphatic rings. The van der Waals surface area contributed by atoms with Gasteiger partial charge in [0.15, 0.2) is 0 Å². The van der Waals surface area contributed by atoms with Crippen molar-refractivity contribution >= 4 is 0 Å². The van der Waals surface area contributed by atoms with E-state index in [1.807, 2.05) is 13.8 Å². The molecule has 0 amide bonds. The van der Waals surface area contributed by atoms with Gasteiger partial charge in [-0.3, -0.25) is 4.90 Å². The molecule has 0 N–H and O–H groups in total. The maximum absolute atomic E-state index is 13.4. The zero-order valence-electron chi connectivity index (χ0n) is 11.5. The Balaban J connectivity index is 0.000000771. The van der Waals surface area contributed by atoms with E-state index in [0.717, 1.165) is 19.5 Å². The zero-order chi connectivity index (χ0) is 13.5. The van der Waals surface area contributed by atoms with Crippen LogP contribution in [0.5, 0.6) is 0 Å². The van der Waals surface area contributed by atoms with Crippen molar-refractivity contribution in [3.63, 3.8) is 0 Å². The Kier molecular flexibility index (Phi) is 6.27. The van der Waals surface area contributed by atoms with Gasteiger partial charge in [0.05, 0.1) is 0 Å². The highest BCUT2D eigenvalue weighted by molar-refractivity contribution is 5.19. The molecule has 0 bridgehead atoms. The van der Waals surface area contributed by atoms with Crippen LogP contribution in [0, 0.1) is 17.6 Å². The van der Waals surface area contributed by atoms with Crippen molar-refractivity contribution in [1.29, 1.82) is 0 Å². The zero-order valence-corrected chi connectivity index (χ0v) is 11.5. The van der Waals surface area contributed by atoms with Crippen LogP contribution in [0.15, 0.2) is 18.2 Å². The van der Waals surface area contributed by atoms with Crippen molar-refractivity contribution in [2.24, 2.45) is 5.92 Å².